The molecule has 118 valence electrons. The van der Waals surface area contributed by atoms with E-state index in [-0.39, 0.29) is 24.9 Å². The zero-order valence-corrected chi connectivity index (χ0v) is 11.7. The maximum absolute atomic E-state index is 12.6. The molecule has 0 radical (unpaired) electrons. The lowest BCUT2D eigenvalue weighted by molar-refractivity contribution is -0.137. The number of aliphatic hydroxyl groups is 1. The summed E-state index contributed by atoms with van der Waals surface area (Å²) in [6.07, 6.45) is -2.46. The first kappa shape index (κ1) is 16.1. The van der Waals surface area contributed by atoms with E-state index in [1.807, 2.05) is 0 Å². The van der Waals surface area contributed by atoms with Crippen LogP contribution in [0.5, 0.6) is 5.75 Å². The van der Waals surface area contributed by atoms with Gasteiger partial charge in [-0.3, -0.25) is 0 Å². The summed E-state index contributed by atoms with van der Waals surface area (Å²) in [5.74, 6) is 0.501. The third kappa shape index (κ3) is 4.61. The molecular formula is C15H20F3NO2. The van der Waals surface area contributed by atoms with Crippen molar-refractivity contribution in [2.45, 2.75) is 19.0 Å². The summed E-state index contributed by atoms with van der Waals surface area (Å²) in [6, 6.07) is 4.85. The molecule has 1 heterocycles. The van der Waals surface area contributed by atoms with Gasteiger partial charge in [0, 0.05) is 12.5 Å². The van der Waals surface area contributed by atoms with E-state index in [9.17, 15) is 18.3 Å². The molecule has 0 saturated carbocycles. The minimum atomic E-state index is -4.37. The van der Waals surface area contributed by atoms with Gasteiger partial charge in [-0.15, -0.1) is 0 Å². The van der Waals surface area contributed by atoms with Crippen molar-refractivity contribution in [3.63, 3.8) is 0 Å². The molecule has 1 atom stereocenters. The second-order valence-corrected chi connectivity index (χ2v) is 5.37. The van der Waals surface area contributed by atoms with Crippen LogP contribution >= 0.6 is 0 Å². The van der Waals surface area contributed by atoms with E-state index in [0.717, 1.165) is 38.1 Å². The van der Waals surface area contributed by atoms with Gasteiger partial charge in [0.15, 0.2) is 0 Å². The topological polar surface area (TPSA) is 41.5 Å². The van der Waals surface area contributed by atoms with Crippen molar-refractivity contribution in [3.8, 4) is 5.75 Å². The highest BCUT2D eigenvalue weighted by molar-refractivity contribution is 5.30. The molecule has 1 aliphatic rings. The lowest BCUT2D eigenvalue weighted by Crippen LogP contribution is -2.35. The smallest absolute Gasteiger partial charge is 0.416 e. The standard InChI is InChI=1S/C15H20F3NO2/c16-15(17,18)13-2-1-3-14(8-13)21-10-12(9-20)11-4-6-19-7-5-11/h1-3,8,11-12,19-20H,4-7,9-10H2. The SMILES string of the molecule is OCC(COc1cccc(C(F)(F)F)c1)C1CCNCC1. The van der Waals surface area contributed by atoms with Gasteiger partial charge >= 0.3 is 6.18 Å². The van der Waals surface area contributed by atoms with E-state index in [2.05, 4.69) is 5.32 Å². The number of hydrogen-bond acceptors (Lipinski definition) is 3. The Morgan fingerprint density at radius 3 is 2.62 bits per heavy atom. The average Bonchev–Trinajstić information content (AvgIpc) is 2.48. The van der Waals surface area contributed by atoms with Gasteiger partial charge in [0.1, 0.15) is 5.75 Å². The summed E-state index contributed by atoms with van der Waals surface area (Å²) < 4.78 is 43.3. The average molecular weight is 303 g/mol. The first-order valence-corrected chi connectivity index (χ1v) is 7.12. The molecule has 1 aromatic carbocycles. The van der Waals surface area contributed by atoms with Gasteiger partial charge in [0.25, 0.3) is 0 Å². The number of rotatable bonds is 5. The molecule has 1 saturated heterocycles. The van der Waals surface area contributed by atoms with Crippen molar-refractivity contribution >= 4 is 0 Å². The van der Waals surface area contributed by atoms with Crippen LogP contribution in [0.25, 0.3) is 0 Å². The third-order valence-corrected chi connectivity index (χ3v) is 3.91. The van der Waals surface area contributed by atoms with Crippen LogP contribution in [-0.2, 0) is 6.18 Å². The molecule has 2 rings (SSSR count). The molecule has 0 bridgehead atoms. The van der Waals surface area contributed by atoms with E-state index >= 15 is 0 Å². The fourth-order valence-electron chi connectivity index (χ4n) is 2.62. The van der Waals surface area contributed by atoms with Gasteiger partial charge in [-0.2, -0.15) is 13.2 Å². The first-order chi connectivity index (χ1) is 10.0. The summed E-state index contributed by atoms with van der Waals surface area (Å²) in [5, 5.41) is 12.7. The van der Waals surface area contributed by atoms with Crippen LogP contribution in [0.15, 0.2) is 24.3 Å². The molecule has 0 spiro atoms. The number of alkyl halides is 3. The number of hydrogen-bond donors (Lipinski definition) is 2. The highest BCUT2D eigenvalue weighted by Crippen LogP contribution is 2.31. The monoisotopic (exact) mass is 303 g/mol. The van der Waals surface area contributed by atoms with Gasteiger partial charge in [-0.25, -0.2) is 0 Å². The zero-order valence-electron chi connectivity index (χ0n) is 11.7. The third-order valence-electron chi connectivity index (χ3n) is 3.91. The number of ether oxygens (including phenoxy) is 1. The van der Waals surface area contributed by atoms with Crippen molar-refractivity contribution in [1.29, 1.82) is 0 Å². The number of aliphatic hydroxyl groups excluding tert-OH is 1. The van der Waals surface area contributed by atoms with Gasteiger partial charge in [0.2, 0.25) is 0 Å². The molecule has 0 aliphatic carbocycles. The minimum Gasteiger partial charge on any atom is -0.493 e. The quantitative estimate of drug-likeness (QED) is 0.879. The molecule has 1 unspecified atom stereocenters. The predicted molar refractivity (Wildman–Crippen MR) is 73.1 cm³/mol. The Labute approximate surface area is 122 Å². The van der Waals surface area contributed by atoms with Crippen LogP contribution < -0.4 is 10.1 Å². The summed E-state index contributed by atoms with van der Waals surface area (Å²) in [6.45, 7) is 2.04. The Morgan fingerprint density at radius 2 is 2.00 bits per heavy atom. The van der Waals surface area contributed by atoms with E-state index in [4.69, 9.17) is 4.74 Å². The Kier molecular flexibility index (Phi) is 5.47. The van der Waals surface area contributed by atoms with E-state index in [1.165, 1.54) is 12.1 Å². The highest BCUT2D eigenvalue weighted by atomic mass is 19.4. The summed E-state index contributed by atoms with van der Waals surface area (Å²) in [7, 11) is 0. The molecule has 1 aliphatic heterocycles. The van der Waals surface area contributed by atoms with Crippen LogP contribution in [0.1, 0.15) is 18.4 Å². The molecule has 21 heavy (non-hydrogen) atoms. The number of halogens is 3. The van der Waals surface area contributed by atoms with Crippen LogP contribution in [0.3, 0.4) is 0 Å². The summed E-state index contributed by atoms with van der Waals surface area (Å²) in [5.41, 5.74) is -0.720. The Hall–Kier alpha value is -1.27. The Balaban J connectivity index is 1.94. The van der Waals surface area contributed by atoms with Crippen molar-refractivity contribution in [1.82, 2.24) is 5.32 Å². The van der Waals surface area contributed by atoms with Crippen molar-refractivity contribution in [2.24, 2.45) is 11.8 Å². The second-order valence-electron chi connectivity index (χ2n) is 5.37. The Bertz CT molecular complexity index is 445. The van der Waals surface area contributed by atoms with Crippen molar-refractivity contribution in [3.05, 3.63) is 29.8 Å². The van der Waals surface area contributed by atoms with Crippen LogP contribution in [0, 0.1) is 11.8 Å². The molecule has 0 amide bonds. The Morgan fingerprint density at radius 1 is 1.29 bits per heavy atom. The molecule has 1 aromatic rings. The van der Waals surface area contributed by atoms with E-state index in [1.54, 1.807) is 0 Å². The zero-order chi connectivity index (χ0) is 15.3. The first-order valence-electron chi connectivity index (χ1n) is 7.12. The summed E-state index contributed by atoms with van der Waals surface area (Å²) in [4.78, 5) is 0. The predicted octanol–water partition coefficient (Wildman–Crippen LogP) is 2.69. The number of nitrogens with one attached hydrogen (secondary N) is 1. The van der Waals surface area contributed by atoms with Crippen molar-refractivity contribution < 1.29 is 23.0 Å². The largest absolute Gasteiger partial charge is 0.493 e. The fraction of sp³-hybridized carbons (Fsp3) is 0.600. The maximum atomic E-state index is 12.6. The highest BCUT2D eigenvalue weighted by Gasteiger charge is 2.30. The van der Waals surface area contributed by atoms with Gasteiger partial charge in [-0.05, 0) is 50.0 Å². The second kappa shape index (κ2) is 7.13. The van der Waals surface area contributed by atoms with Gasteiger partial charge in [-0.1, -0.05) is 6.07 Å². The molecule has 1 fully saturated rings. The van der Waals surface area contributed by atoms with E-state index < -0.39 is 11.7 Å². The minimum absolute atomic E-state index is 0.0103. The normalized spacial score (nSPS) is 18.5. The van der Waals surface area contributed by atoms with Crippen molar-refractivity contribution in [2.75, 3.05) is 26.3 Å². The maximum Gasteiger partial charge on any atom is 0.416 e. The van der Waals surface area contributed by atoms with Crippen LogP contribution in [-0.4, -0.2) is 31.4 Å². The van der Waals surface area contributed by atoms with Crippen LogP contribution in [0.4, 0.5) is 13.2 Å². The fourth-order valence-corrected chi connectivity index (χ4v) is 2.62. The molecule has 0 aromatic heterocycles. The molecule has 3 nitrogen and oxygen atoms in total. The molecular weight excluding hydrogens is 283 g/mol. The van der Waals surface area contributed by atoms with E-state index in [0.29, 0.717) is 5.92 Å². The molecule has 6 heteroatoms. The van der Waals surface area contributed by atoms with Crippen LogP contribution in [0.2, 0.25) is 0 Å². The lowest BCUT2D eigenvalue weighted by Gasteiger charge is -2.29. The lowest BCUT2D eigenvalue weighted by atomic mass is 9.86. The number of piperidine rings is 1. The number of benzene rings is 1. The van der Waals surface area contributed by atoms with Gasteiger partial charge in [0.05, 0.1) is 12.2 Å². The summed E-state index contributed by atoms with van der Waals surface area (Å²) >= 11 is 0. The van der Waals surface area contributed by atoms with Gasteiger partial charge < -0.3 is 15.2 Å². The molecule has 2 N–H and O–H groups in total.